The first-order valence-electron chi connectivity index (χ1n) is 6.94. The summed E-state index contributed by atoms with van der Waals surface area (Å²) in [7, 11) is 5.36. The minimum absolute atomic E-state index is 0. The Bertz CT molecular complexity index is 378. The third-order valence-corrected chi connectivity index (χ3v) is 6.54. The maximum Gasteiger partial charge on any atom is 4.00 e. The van der Waals surface area contributed by atoms with Crippen molar-refractivity contribution in [3.63, 3.8) is 0 Å². The Labute approximate surface area is 153 Å². The molecule has 22 heavy (non-hydrogen) atoms. The van der Waals surface area contributed by atoms with Gasteiger partial charge in [-0.25, -0.2) is 0 Å². The van der Waals surface area contributed by atoms with Crippen LogP contribution < -0.4 is 5.19 Å². The molecule has 0 aliphatic heterocycles. The van der Waals surface area contributed by atoms with Gasteiger partial charge in [-0.05, 0) is 31.2 Å². The number of hydrogen-bond donors (Lipinski definition) is 0. The van der Waals surface area contributed by atoms with Gasteiger partial charge in [-0.3, -0.25) is 0 Å². The predicted octanol–water partition coefficient (Wildman–Crippen LogP) is 4.47. The summed E-state index contributed by atoms with van der Waals surface area (Å²) in [6.45, 7) is 4.60. The molecule has 1 aromatic rings. The zero-order chi connectivity index (χ0) is 16.3. The first-order valence-corrected chi connectivity index (χ1v) is 9.94. The number of benzene rings is 1. The molecule has 1 N–H and O–H groups in total. The molecule has 1 saturated carbocycles. The Hall–Kier alpha value is -0.155. The van der Waals surface area contributed by atoms with E-state index in [1.807, 2.05) is 18.2 Å². The number of rotatable bonds is 2. The molecule has 0 saturated heterocycles. The minimum atomic E-state index is -1.64. The van der Waals surface area contributed by atoms with E-state index in [2.05, 4.69) is 55.5 Å². The molecule has 1 fully saturated rings. The van der Waals surface area contributed by atoms with Crippen molar-refractivity contribution in [3.8, 4) is 0 Å². The second kappa shape index (κ2) is 13.3. The second-order valence-corrected chi connectivity index (χ2v) is 9.60. The van der Waals surface area contributed by atoms with Gasteiger partial charge in [-0.2, -0.15) is 28.2 Å². The Kier molecular flexibility index (Phi) is 14.6. The third-order valence-electron chi connectivity index (χ3n) is 2.98. The average Bonchev–Trinajstić information content (AvgIpc) is 2.95. The van der Waals surface area contributed by atoms with Crippen LogP contribution in [0.4, 0.5) is 5.69 Å². The Morgan fingerprint density at radius 3 is 1.68 bits per heavy atom. The van der Waals surface area contributed by atoms with Crippen LogP contribution in [0, 0.1) is 31.2 Å². The van der Waals surface area contributed by atoms with E-state index in [0.29, 0.717) is 5.69 Å². The minimum Gasteiger partial charge on any atom is -0.699 e. The van der Waals surface area contributed by atoms with Crippen molar-refractivity contribution in [2.75, 3.05) is 28.2 Å². The van der Waals surface area contributed by atoms with Crippen LogP contribution >= 0.6 is 0 Å². The van der Waals surface area contributed by atoms with E-state index in [-0.39, 0.29) is 21.1 Å². The van der Waals surface area contributed by atoms with E-state index in [4.69, 9.17) is 5.73 Å². The normalized spacial score (nSPS) is 14.1. The Morgan fingerprint density at radius 2 is 1.27 bits per heavy atom. The van der Waals surface area contributed by atoms with E-state index in [1.165, 1.54) is 10.7 Å². The van der Waals surface area contributed by atoms with Gasteiger partial charge in [0.25, 0.3) is 0 Å². The monoisotopic (exact) mass is 399 g/mol. The van der Waals surface area contributed by atoms with Gasteiger partial charge in [0.15, 0.2) is 0 Å². The van der Waals surface area contributed by atoms with Crippen LogP contribution in [0.1, 0.15) is 0 Å². The fourth-order valence-electron chi connectivity index (χ4n) is 1.97. The van der Waals surface area contributed by atoms with Crippen LogP contribution in [0.25, 0.3) is 16.4 Å². The third kappa shape index (κ3) is 7.91. The Morgan fingerprint density at radius 1 is 0.864 bits per heavy atom. The molecule has 0 atom stereocenters. The number of nitrogens with zero attached hydrogens (tertiary/aromatic N) is 2. The van der Waals surface area contributed by atoms with Gasteiger partial charge in [-0.15, -0.1) is 5.69 Å². The zero-order valence-electron chi connectivity index (χ0n) is 14.4. The smallest absolute Gasteiger partial charge is 0.699 e. The van der Waals surface area contributed by atoms with Crippen LogP contribution in [0.5, 0.6) is 0 Å². The molecule has 2 rings (SSSR count). The molecule has 0 bridgehead atoms. The Balaban J connectivity index is 0. The fraction of sp³-hybridized carbons (Fsp3) is 0.353. The molecule has 1 aromatic carbocycles. The molecule has 119 valence electrons. The molecular weight excluding hydrogens is 370 g/mol. The van der Waals surface area contributed by atoms with E-state index in [9.17, 15) is 0 Å². The summed E-state index contributed by atoms with van der Waals surface area (Å²) in [5, 5.41) is 8.22. The molecular formula is C17H27MoN3Si+. The van der Waals surface area contributed by atoms with Crippen molar-refractivity contribution in [1.29, 1.82) is 0 Å². The topological polar surface area (TPSA) is 52.0 Å². The van der Waals surface area contributed by atoms with Crippen LogP contribution in [-0.4, -0.2) is 36.3 Å². The molecule has 0 unspecified atom stereocenters. The molecule has 1 aliphatic rings. The summed E-state index contributed by atoms with van der Waals surface area (Å²) in [5.41, 5.74) is 10.0. The molecule has 0 amide bonds. The summed E-state index contributed by atoms with van der Waals surface area (Å²) in [6, 6.07) is 7.95. The summed E-state index contributed by atoms with van der Waals surface area (Å²) in [5.74, 6) is 0. The predicted molar refractivity (Wildman–Crippen MR) is 98.4 cm³/mol. The van der Waals surface area contributed by atoms with Crippen LogP contribution in [0.2, 0.25) is 13.1 Å². The largest absolute Gasteiger partial charge is 4.00 e. The molecule has 3 nitrogen and oxygen atoms in total. The van der Waals surface area contributed by atoms with Crippen molar-refractivity contribution in [3.05, 3.63) is 71.9 Å². The maximum absolute atomic E-state index is 7.96. The van der Waals surface area contributed by atoms with E-state index >= 15 is 0 Å². The summed E-state index contributed by atoms with van der Waals surface area (Å²) < 4.78 is 0. The maximum atomic E-state index is 7.96. The van der Waals surface area contributed by atoms with Gasteiger partial charge >= 0.3 is 21.1 Å². The van der Waals surface area contributed by atoms with Gasteiger partial charge in [-0.1, -0.05) is 42.5 Å². The molecule has 0 spiro atoms. The van der Waals surface area contributed by atoms with Crippen LogP contribution in [-0.2, 0) is 21.1 Å². The van der Waals surface area contributed by atoms with Gasteiger partial charge in [0.2, 0.25) is 0 Å². The van der Waals surface area contributed by atoms with Gasteiger partial charge in [0, 0.05) is 0 Å². The number of hydrogen-bond acceptors (Lipinski definition) is 0. The summed E-state index contributed by atoms with van der Waals surface area (Å²) in [6.07, 6.45) is 8.52. The van der Waals surface area contributed by atoms with Crippen LogP contribution in [0.15, 0.2) is 24.3 Å². The van der Waals surface area contributed by atoms with Crippen molar-refractivity contribution in [1.82, 2.24) is 0 Å². The standard InChI is InChI=1S/C13H15NSi.2C2H6N.Mo/c1-15(2,11-7-3-4-8-11)13-10-6-5-9-12(13)14;2*1-3-2;/h3-10,14H,1-2H3;2*1-2H3;/q3*-1;+4. The van der Waals surface area contributed by atoms with E-state index in [1.54, 1.807) is 28.2 Å². The molecule has 0 heterocycles. The molecule has 5 heteroatoms. The van der Waals surface area contributed by atoms with E-state index in [0.717, 1.165) is 0 Å². The summed E-state index contributed by atoms with van der Waals surface area (Å²) >= 11 is 0. The van der Waals surface area contributed by atoms with Crippen molar-refractivity contribution in [2.24, 2.45) is 0 Å². The first kappa shape index (κ1) is 24.1. The van der Waals surface area contributed by atoms with Crippen molar-refractivity contribution in [2.45, 2.75) is 13.1 Å². The van der Waals surface area contributed by atoms with Crippen LogP contribution in [0.3, 0.4) is 0 Å². The molecule has 1 aliphatic carbocycles. The summed E-state index contributed by atoms with van der Waals surface area (Å²) in [4.78, 5) is 0. The quantitative estimate of drug-likeness (QED) is 0.662. The van der Waals surface area contributed by atoms with Gasteiger partial charge in [0.05, 0.1) is 8.07 Å². The average molecular weight is 397 g/mol. The van der Waals surface area contributed by atoms with Crippen molar-refractivity contribution < 1.29 is 21.1 Å². The molecule has 0 aromatic heterocycles. The van der Waals surface area contributed by atoms with E-state index < -0.39 is 8.07 Å². The fourth-order valence-corrected chi connectivity index (χ4v) is 4.58. The molecule has 5 radical (unpaired) electrons. The number of nitrogens with one attached hydrogen (secondary N) is 1. The zero-order valence-corrected chi connectivity index (χ0v) is 17.4. The van der Waals surface area contributed by atoms with Gasteiger partial charge < -0.3 is 16.4 Å². The first-order chi connectivity index (χ1) is 9.95. The SMILES string of the molecule is C[N-]C.C[N-]C.C[Si](C)([C]1[CH][CH][CH][CH]1)c1ccccc1[NH-].[Mo+4]. The van der Waals surface area contributed by atoms with Gasteiger partial charge in [0.1, 0.15) is 0 Å². The van der Waals surface area contributed by atoms with Crippen molar-refractivity contribution >= 4 is 18.9 Å². The second-order valence-electron chi connectivity index (χ2n) is 5.24.